The Bertz CT molecular complexity index is 289. The third-order valence-corrected chi connectivity index (χ3v) is 2.38. The Morgan fingerprint density at radius 2 is 2.09 bits per heavy atom. The number of benzene rings is 1. The van der Waals surface area contributed by atoms with Crippen LogP contribution in [0.5, 0.6) is 5.75 Å². The van der Waals surface area contributed by atoms with Gasteiger partial charge in [-0.15, -0.1) is 0 Å². The number of aryl methyl sites for hydroxylation is 1. The Balaban J connectivity index is 2.62. The highest BCUT2D eigenvalue weighted by atomic mass is 16.5. The predicted octanol–water partition coefficient (Wildman–Crippen LogP) is 2.24. The van der Waals surface area contributed by atoms with Crippen LogP contribution in [0.4, 0.5) is 0 Å². The molecule has 58 valence electrons. The van der Waals surface area contributed by atoms with Crippen molar-refractivity contribution in [3.05, 3.63) is 28.8 Å². The molecule has 0 atom stereocenters. The lowest BCUT2D eigenvalue weighted by Crippen LogP contribution is -1.89. The third kappa shape index (κ3) is 0.917. The number of hydrogen-bond donors (Lipinski definition) is 0. The summed E-state index contributed by atoms with van der Waals surface area (Å²) in [5, 5.41) is 0. The minimum Gasteiger partial charge on any atom is -0.493 e. The molecule has 0 bridgehead atoms. The van der Waals surface area contributed by atoms with Crippen molar-refractivity contribution in [1.29, 1.82) is 0 Å². The van der Waals surface area contributed by atoms with E-state index in [1.807, 2.05) is 0 Å². The van der Waals surface area contributed by atoms with Crippen molar-refractivity contribution in [2.75, 3.05) is 6.61 Å². The van der Waals surface area contributed by atoms with Crippen LogP contribution >= 0.6 is 0 Å². The summed E-state index contributed by atoms with van der Waals surface area (Å²) in [5.74, 6) is 1.13. The zero-order valence-electron chi connectivity index (χ0n) is 6.98. The molecule has 0 spiro atoms. The van der Waals surface area contributed by atoms with Crippen LogP contribution in [-0.4, -0.2) is 6.61 Å². The van der Waals surface area contributed by atoms with Gasteiger partial charge in [0.1, 0.15) is 5.75 Å². The molecule has 1 heteroatoms. The molecule has 0 aliphatic carbocycles. The molecule has 0 amide bonds. The van der Waals surface area contributed by atoms with Crippen molar-refractivity contribution < 1.29 is 4.74 Å². The van der Waals surface area contributed by atoms with Crippen LogP contribution in [0.15, 0.2) is 12.1 Å². The van der Waals surface area contributed by atoms with Crippen LogP contribution in [0.1, 0.15) is 16.7 Å². The first kappa shape index (κ1) is 6.71. The Morgan fingerprint density at radius 1 is 1.27 bits per heavy atom. The largest absolute Gasteiger partial charge is 0.493 e. The van der Waals surface area contributed by atoms with Gasteiger partial charge >= 0.3 is 0 Å². The van der Waals surface area contributed by atoms with E-state index in [9.17, 15) is 0 Å². The molecule has 2 rings (SSSR count). The normalized spacial score (nSPS) is 14.4. The van der Waals surface area contributed by atoms with E-state index >= 15 is 0 Å². The number of rotatable bonds is 0. The van der Waals surface area contributed by atoms with E-state index in [-0.39, 0.29) is 0 Å². The lowest BCUT2D eigenvalue weighted by molar-refractivity contribution is 0.354. The summed E-state index contributed by atoms with van der Waals surface area (Å²) in [6.07, 6.45) is 1.08. The summed E-state index contributed by atoms with van der Waals surface area (Å²) >= 11 is 0. The summed E-state index contributed by atoms with van der Waals surface area (Å²) in [6.45, 7) is 5.11. The van der Waals surface area contributed by atoms with E-state index in [4.69, 9.17) is 4.74 Å². The van der Waals surface area contributed by atoms with E-state index in [1.165, 1.54) is 16.7 Å². The Morgan fingerprint density at radius 3 is 2.91 bits per heavy atom. The molecule has 0 N–H and O–H groups in total. The van der Waals surface area contributed by atoms with Crippen molar-refractivity contribution >= 4 is 0 Å². The average molecular weight is 148 g/mol. The minimum atomic E-state index is 0.861. The lowest BCUT2D eigenvalue weighted by Gasteiger charge is -2.05. The second kappa shape index (κ2) is 2.26. The fourth-order valence-electron chi connectivity index (χ4n) is 1.51. The Kier molecular flexibility index (Phi) is 1.38. The molecular weight excluding hydrogens is 136 g/mol. The zero-order valence-corrected chi connectivity index (χ0v) is 6.98. The van der Waals surface area contributed by atoms with E-state index < -0.39 is 0 Å². The van der Waals surface area contributed by atoms with Gasteiger partial charge in [0.15, 0.2) is 0 Å². The van der Waals surface area contributed by atoms with Crippen molar-refractivity contribution in [2.24, 2.45) is 0 Å². The minimum absolute atomic E-state index is 0.861. The van der Waals surface area contributed by atoms with Gasteiger partial charge in [0.25, 0.3) is 0 Å². The fourth-order valence-corrected chi connectivity index (χ4v) is 1.51. The number of hydrogen-bond acceptors (Lipinski definition) is 1. The van der Waals surface area contributed by atoms with Crippen LogP contribution < -0.4 is 4.74 Å². The summed E-state index contributed by atoms with van der Waals surface area (Å²) in [5.41, 5.74) is 4.00. The molecule has 1 aromatic carbocycles. The molecule has 1 nitrogen and oxygen atoms in total. The monoisotopic (exact) mass is 148 g/mol. The molecule has 1 aliphatic heterocycles. The fraction of sp³-hybridized carbons (Fsp3) is 0.400. The summed E-state index contributed by atoms with van der Waals surface area (Å²) in [6, 6.07) is 4.34. The third-order valence-electron chi connectivity index (χ3n) is 2.38. The first-order valence-corrected chi connectivity index (χ1v) is 4.01. The van der Waals surface area contributed by atoms with E-state index in [2.05, 4.69) is 26.0 Å². The van der Waals surface area contributed by atoms with E-state index in [0.29, 0.717) is 0 Å². The van der Waals surface area contributed by atoms with Gasteiger partial charge in [-0.1, -0.05) is 12.1 Å². The predicted molar refractivity (Wildman–Crippen MR) is 45.1 cm³/mol. The second-order valence-corrected chi connectivity index (χ2v) is 3.09. The van der Waals surface area contributed by atoms with Crippen molar-refractivity contribution in [1.82, 2.24) is 0 Å². The highest BCUT2D eigenvalue weighted by Gasteiger charge is 2.14. The molecule has 1 aromatic rings. The SMILES string of the molecule is Cc1ccc2c(c1C)OCC2. The van der Waals surface area contributed by atoms with Gasteiger partial charge in [0.2, 0.25) is 0 Å². The topological polar surface area (TPSA) is 9.23 Å². The summed E-state index contributed by atoms with van der Waals surface area (Å²) in [4.78, 5) is 0. The van der Waals surface area contributed by atoms with Gasteiger partial charge in [0.05, 0.1) is 6.61 Å². The maximum absolute atomic E-state index is 5.51. The van der Waals surface area contributed by atoms with Crippen molar-refractivity contribution in [3.63, 3.8) is 0 Å². The van der Waals surface area contributed by atoms with E-state index in [1.54, 1.807) is 0 Å². The first-order chi connectivity index (χ1) is 5.29. The number of fused-ring (bicyclic) bond motifs is 1. The standard InChI is InChI=1S/C10H12O/c1-7-3-4-9-5-6-11-10(9)8(7)2/h3-4H,5-6H2,1-2H3. The maximum Gasteiger partial charge on any atom is 0.125 e. The Hall–Kier alpha value is -0.980. The quantitative estimate of drug-likeness (QED) is 0.548. The summed E-state index contributed by atoms with van der Waals surface area (Å²) < 4.78 is 5.51. The van der Waals surface area contributed by atoms with Crippen molar-refractivity contribution in [2.45, 2.75) is 20.3 Å². The molecule has 0 fully saturated rings. The highest BCUT2D eigenvalue weighted by molar-refractivity contribution is 5.47. The van der Waals surface area contributed by atoms with Crippen LogP contribution in [0, 0.1) is 13.8 Å². The van der Waals surface area contributed by atoms with Crippen LogP contribution in [0.2, 0.25) is 0 Å². The lowest BCUT2D eigenvalue weighted by atomic mass is 10.0. The molecule has 0 saturated carbocycles. The van der Waals surface area contributed by atoms with Crippen molar-refractivity contribution in [3.8, 4) is 5.75 Å². The average Bonchev–Trinajstić information content (AvgIpc) is 2.45. The van der Waals surface area contributed by atoms with Gasteiger partial charge in [-0.05, 0) is 30.5 Å². The molecule has 0 unspecified atom stereocenters. The van der Waals surface area contributed by atoms with Gasteiger partial charge in [-0.2, -0.15) is 0 Å². The Labute approximate surface area is 67.0 Å². The van der Waals surface area contributed by atoms with E-state index in [0.717, 1.165) is 18.8 Å². The van der Waals surface area contributed by atoms with Gasteiger partial charge in [0, 0.05) is 6.42 Å². The molecular formula is C10H12O. The van der Waals surface area contributed by atoms with Crippen LogP contribution in [0.25, 0.3) is 0 Å². The second-order valence-electron chi connectivity index (χ2n) is 3.09. The van der Waals surface area contributed by atoms with Crippen LogP contribution in [0.3, 0.4) is 0 Å². The molecule has 0 aromatic heterocycles. The first-order valence-electron chi connectivity index (χ1n) is 4.01. The van der Waals surface area contributed by atoms with Gasteiger partial charge in [-0.3, -0.25) is 0 Å². The maximum atomic E-state index is 5.51. The smallest absolute Gasteiger partial charge is 0.125 e. The molecule has 1 heterocycles. The molecule has 1 aliphatic rings. The molecule has 0 radical (unpaired) electrons. The molecule has 0 saturated heterocycles. The van der Waals surface area contributed by atoms with Crippen LogP contribution in [-0.2, 0) is 6.42 Å². The van der Waals surface area contributed by atoms with Gasteiger partial charge < -0.3 is 4.74 Å². The zero-order chi connectivity index (χ0) is 7.84. The highest BCUT2D eigenvalue weighted by Crippen LogP contribution is 2.30. The summed E-state index contributed by atoms with van der Waals surface area (Å²) in [7, 11) is 0. The molecule has 11 heavy (non-hydrogen) atoms. The van der Waals surface area contributed by atoms with Gasteiger partial charge in [-0.25, -0.2) is 0 Å². The number of ether oxygens (including phenoxy) is 1.